The van der Waals surface area contributed by atoms with Gasteiger partial charge in [0.25, 0.3) is 0 Å². The zero-order valence-corrected chi connectivity index (χ0v) is 13.7. The second-order valence-corrected chi connectivity index (χ2v) is 5.84. The van der Waals surface area contributed by atoms with E-state index in [0.29, 0.717) is 6.54 Å². The van der Waals surface area contributed by atoms with E-state index in [1.807, 2.05) is 53.9 Å². The highest BCUT2D eigenvalue weighted by atomic mass is 32.1. The molecule has 0 aliphatic rings. The molecule has 0 bridgehead atoms. The largest absolute Gasteiger partial charge is 0.345 e. The smallest absolute Gasteiger partial charge is 0.226 e. The minimum Gasteiger partial charge on any atom is -0.345 e. The predicted molar refractivity (Wildman–Crippen MR) is 95.4 cm³/mol. The lowest BCUT2D eigenvalue weighted by Gasteiger charge is -1.98. The minimum absolute atomic E-state index is 0.0877. The van der Waals surface area contributed by atoms with Crippen molar-refractivity contribution in [3.8, 4) is 22.5 Å². The molecule has 1 N–H and O–H groups in total. The SMILES string of the molecule is O=C(Cc1csc(-c2ccccn2)n1)NCC#Cc1ccccc1. The van der Waals surface area contributed by atoms with Gasteiger partial charge in [0, 0.05) is 17.1 Å². The normalized spacial score (nSPS) is 9.83. The number of nitrogens with one attached hydrogen (secondary N) is 1. The number of rotatable bonds is 4. The Morgan fingerprint density at radius 2 is 1.96 bits per heavy atom. The molecule has 2 heterocycles. The number of aromatic nitrogens is 2. The highest BCUT2D eigenvalue weighted by Gasteiger charge is 2.08. The van der Waals surface area contributed by atoms with E-state index in [1.54, 1.807) is 6.20 Å². The van der Waals surface area contributed by atoms with Gasteiger partial charge in [-0.3, -0.25) is 9.78 Å². The molecular formula is C19H15N3OS. The molecule has 0 unspecified atom stereocenters. The van der Waals surface area contributed by atoms with Gasteiger partial charge >= 0.3 is 0 Å². The van der Waals surface area contributed by atoms with E-state index in [-0.39, 0.29) is 12.3 Å². The Hall–Kier alpha value is -2.97. The Labute approximate surface area is 144 Å². The first-order valence-electron chi connectivity index (χ1n) is 7.48. The van der Waals surface area contributed by atoms with Gasteiger partial charge in [-0.1, -0.05) is 36.1 Å². The van der Waals surface area contributed by atoms with Gasteiger partial charge in [0.1, 0.15) is 5.01 Å². The van der Waals surface area contributed by atoms with Gasteiger partial charge in [-0.15, -0.1) is 11.3 Å². The van der Waals surface area contributed by atoms with Crippen molar-refractivity contribution in [1.82, 2.24) is 15.3 Å². The monoisotopic (exact) mass is 333 g/mol. The van der Waals surface area contributed by atoms with Crippen molar-refractivity contribution in [1.29, 1.82) is 0 Å². The Bertz CT molecular complexity index is 864. The quantitative estimate of drug-likeness (QED) is 0.747. The zero-order chi connectivity index (χ0) is 16.6. The predicted octanol–water partition coefficient (Wildman–Crippen LogP) is 2.92. The maximum Gasteiger partial charge on any atom is 0.226 e. The van der Waals surface area contributed by atoms with Gasteiger partial charge in [0.2, 0.25) is 5.91 Å². The number of hydrogen-bond donors (Lipinski definition) is 1. The average Bonchev–Trinajstić information content (AvgIpc) is 3.09. The van der Waals surface area contributed by atoms with E-state index < -0.39 is 0 Å². The molecule has 0 atom stereocenters. The minimum atomic E-state index is -0.0877. The van der Waals surface area contributed by atoms with Crippen LogP contribution in [0.15, 0.2) is 60.1 Å². The summed E-state index contributed by atoms with van der Waals surface area (Å²) in [7, 11) is 0. The lowest BCUT2D eigenvalue weighted by atomic mass is 10.2. The first kappa shape index (κ1) is 15.9. The molecule has 0 spiro atoms. The van der Waals surface area contributed by atoms with Crippen LogP contribution in [0.3, 0.4) is 0 Å². The van der Waals surface area contributed by atoms with Crippen molar-refractivity contribution in [2.75, 3.05) is 6.54 Å². The maximum atomic E-state index is 11.9. The van der Waals surface area contributed by atoms with E-state index in [1.165, 1.54) is 11.3 Å². The molecule has 118 valence electrons. The zero-order valence-electron chi connectivity index (χ0n) is 12.9. The van der Waals surface area contributed by atoms with Crippen molar-refractivity contribution < 1.29 is 4.79 Å². The molecule has 0 fully saturated rings. The van der Waals surface area contributed by atoms with Gasteiger partial charge in [0.15, 0.2) is 0 Å². The van der Waals surface area contributed by atoms with Crippen LogP contribution in [0.5, 0.6) is 0 Å². The molecule has 24 heavy (non-hydrogen) atoms. The van der Waals surface area contributed by atoms with E-state index in [0.717, 1.165) is 22.0 Å². The van der Waals surface area contributed by atoms with Gasteiger partial charge < -0.3 is 5.32 Å². The third kappa shape index (κ3) is 4.51. The van der Waals surface area contributed by atoms with Crippen LogP contribution in [-0.2, 0) is 11.2 Å². The van der Waals surface area contributed by atoms with Crippen LogP contribution < -0.4 is 5.32 Å². The number of benzene rings is 1. The molecule has 3 rings (SSSR count). The van der Waals surface area contributed by atoms with Crippen molar-refractivity contribution in [3.05, 3.63) is 71.4 Å². The fourth-order valence-corrected chi connectivity index (χ4v) is 2.83. The molecule has 0 aliphatic heterocycles. The number of carbonyl (C=O) groups is 1. The Morgan fingerprint density at radius 3 is 2.75 bits per heavy atom. The van der Waals surface area contributed by atoms with Crippen LogP contribution >= 0.6 is 11.3 Å². The number of hydrogen-bond acceptors (Lipinski definition) is 4. The van der Waals surface area contributed by atoms with E-state index in [4.69, 9.17) is 0 Å². The lowest BCUT2D eigenvalue weighted by molar-refractivity contribution is -0.120. The van der Waals surface area contributed by atoms with Crippen molar-refractivity contribution in [3.63, 3.8) is 0 Å². The van der Waals surface area contributed by atoms with Crippen LogP contribution in [0.25, 0.3) is 10.7 Å². The number of pyridine rings is 1. The van der Waals surface area contributed by atoms with Crippen LogP contribution in [0.1, 0.15) is 11.3 Å². The lowest BCUT2D eigenvalue weighted by Crippen LogP contribution is -2.25. The third-order valence-electron chi connectivity index (χ3n) is 3.16. The van der Waals surface area contributed by atoms with Gasteiger partial charge in [0.05, 0.1) is 24.4 Å². The number of carbonyl (C=O) groups excluding carboxylic acids is 1. The molecule has 0 saturated heterocycles. The molecular weight excluding hydrogens is 318 g/mol. The van der Waals surface area contributed by atoms with Crippen molar-refractivity contribution in [2.45, 2.75) is 6.42 Å². The summed E-state index contributed by atoms with van der Waals surface area (Å²) in [4.78, 5) is 20.7. The van der Waals surface area contributed by atoms with Crippen LogP contribution in [-0.4, -0.2) is 22.4 Å². The van der Waals surface area contributed by atoms with Gasteiger partial charge in [-0.2, -0.15) is 0 Å². The van der Waals surface area contributed by atoms with Crippen molar-refractivity contribution in [2.24, 2.45) is 0 Å². The molecule has 1 amide bonds. The second-order valence-electron chi connectivity index (χ2n) is 4.98. The van der Waals surface area contributed by atoms with E-state index >= 15 is 0 Å². The topological polar surface area (TPSA) is 54.9 Å². The highest BCUT2D eigenvalue weighted by molar-refractivity contribution is 7.13. The Balaban J connectivity index is 1.51. The number of thiazole rings is 1. The van der Waals surface area contributed by atoms with E-state index in [9.17, 15) is 4.79 Å². The van der Waals surface area contributed by atoms with Crippen LogP contribution in [0.4, 0.5) is 0 Å². The summed E-state index contributed by atoms with van der Waals surface area (Å²) in [6.07, 6.45) is 1.98. The van der Waals surface area contributed by atoms with Gasteiger partial charge in [-0.05, 0) is 24.3 Å². The summed E-state index contributed by atoms with van der Waals surface area (Å²) in [5, 5.41) is 5.50. The summed E-state index contributed by atoms with van der Waals surface area (Å²) in [5.41, 5.74) is 2.50. The standard InChI is InChI=1S/C19H15N3OS/c23-18(21-12-6-9-15-7-2-1-3-8-15)13-16-14-24-19(22-16)17-10-4-5-11-20-17/h1-5,7-8,10-11,14H,12-13H2,(H,21,23). The summed E-state index contributed by atoms with van der Waals surface area (Å²) < 4.78 is 0. The highest BCUT2D eigenvalue weighted by Crippen LogP contribution is 2.21. The molecule has 2 aromatic heterocycles. The van der Waals surface area contributed by atoms with E-state index in [2.05, 4.69) is 27.1 Å². The fraction of sp³-hybridized carbons (Fsp3) is 0.105. The summed E-state index contributed by atoms with van der Waals surface area (Å²) in [6.45, 7) is 0.324. The number of amides is 1. The fourth-order valence-electron chi connectivity index (χ4n) is 2.03. The second kappa shape index (κ2) is 8.04. The first-order valence-corrected chi connectivity index (χ1v) is 8.35. The average molecular weight is 333 g/mol. The van der Waals surface area contributed by atoms with Crippen molar-refractivity contribution >= 4 is 17.2 Å². The third-order valence-corrected chi connectivity index (χ3v) is 4.07. The maximum absolute atomic E-state index is 11.9. The van der Waals surface area contributed by atoms with Crippen LogP contribution in [0.2, 0.25) is 0 Å². The number of nitrogens with zero attached hydrogens (tertiary/aromatic N) is 2. The molecule has 5 heteroatoms. The summed E-state index contributed by atoms with van der Waals surface area (Å²) in [5.74, 6) is 5.85. The molecule has 0 saturated carbocycles. The van der Waals surface area contributed by atoms with Gasteiger partial charge in [-0.25, -0.2) is 4.98 Å². The summed E-state index contributed by atoms with van der Waals surface area (Å²) in [6, 6.07) is 15.4. The molecule has 4 nitrogen and oxygen atoms in total. The first-order chi connectivity index (χ1) is 11.8. The molecule has 0 aliphatic carbocycles. The van der Waals surface area contributed by atoms with Crippen LogP contribution in [0, 0.1) is 11.8 Å². The Morgan fingerprint density at radius 1 is 1.12 bits per heavy atom. The summed E-state index contributed by atoms with van der Waals surface area (Å²) >= 11 is 1.49. The molecule has 0 radical (unpaired) electrons. The Kier molecular flexibility index (Phi) is 5.33. The molecule has 1 aromatic carbocycles. The molecule has 3 aromatic rings.